The average molecular weight is 287 g/mol. The molecule has 1 aliphatic rings. The number of pyridine rings is 1. The Morgan fingerprint density at radius 1 is 1.43 bits per heavy atom. The van der Waals surface area contributed by atoms with Crippen LogP contribution in [-0.4, -0.2) is 34.6 Å². The first-order valence-corrected chi connectivity index (χ1v) is 7.44. The first-order valence-electron chi connectivity index (χ1n) is 7.44. The second-order valence-corrected chi connectivity index (χ2v) is 5.67. The number of likely N-dealkylation sites (tertiary alicyclic amines) is 1. The molecule has 0 radical (unpaired) electrons. The largest absolute Gasteiger partial charge is 0.493 e. The van der Waals surface area contributed by atoms with Gasteiger partial charge in [-0.15, -0.1) is 0 Å². The summed E-state index contributed by atoms with van der Waals surface area (Å²) < 4.78 is 10.9. The van der Waals surface area contributed by atoms with E-state index in [1.54, 1.807) is 12.5 Å². The van der Waals surface area contributed by atoms with Crippen molar-refractivity contribution in [2.45, 2.75) is 26.3 Å². The van der Waals surface area contributed by atoms with Crippen molar-refractivity contribution in [2.75, 3.05) is 19.7 Å². The van der Waals surface area contributed by atoms with E-state index in [-0.39, 0.29) is 0 Å². The van der Waals surface area contributed by atoms with Gasteiger partial charge in [-0.2, -0.15) is 0 Å². The van der Waals surface area contributed by atoms with Gasteiger partial charge in [0.25, 0.3) is 0 Å². The predicted octanol–water partition coefficient (Wildman–Crippen LogP) is 2.67. The Labute approximate surface area is 125 Å². The Morgan fingerprint density at radius 3 is 3.19 bits per heavy atom. The van der Waals surface area contributed by atoms with Crippen LogP contribution in [0.5, 0.6) is 5.75 Å². The van der Waals surface area contributed by atoms with Crippen LogP contribution >= 0.6 is 0 Å². The highest BCUT2D eigenvalue weighted by molar-refractivity contribution is 5.21. The van der Waals surface area contributed by atoms with Gasteiger partial charge < -0.3 is 9.15 Å². The van der Waals surface area contributed by atoms with E-state index in [4.69, 9.17) is 9.15 Å². The van der Waals surface area contributed by atoms with Crippen LogP contribution in [0.2, 0.25) is 0 Å². The average Bonchev–Trinajstić information content (AvgIpc) is 2.99. The maximum Gasteiger partial charge on any atom is 0.180 e. The van der Waals surface area contributed by atoms with Gasteiger partial charge in [0.15, 0.2) is 6.39 Å². The summed E-state index contributed by atoms with van der Waals surface area (Å²) in [5.74, 6) is 1.48. The number of hydrogen-bond donors (Lipinski definition) is 0. The van der Waals surface area contributed by atoms with Crippen molar-refractivity contribution in [3.8, 4) is 5.75 Å². The standard InChI is InChI=1S/C16H21N3O2/c1-13-7-16(4-5-17-13)21-10-14-3-2-6-19(8-14)9-15-11-20-12-18-15/h4-5,7,11-12,14H,2-3,6,8-10H2,1H3. The third-order valence-electron chi connectivity index (χ3n) is 3.83. The van der Waals surface area contributed by atoms with Crippen LogP contribution in [0, 0.1) is 12.8 Å². The number of piperidine rings is 1. The quantitative estimate of drug-likeness (QED) is 0.846. The molecule has 0 aromatic carbocycles. The summed E-state index contributed by atoms with van der Waals surface area (Å²) in [6.45, 7) is 5.78. The lowest BCUT2D eigenvalue weighted by atomic mass is 9.99. The van der Waals surface area contributed by atoms with Gasteiger partial charge >= 0.3 is 0 Å². The molecular weight excluding hydrogens is 266 g/mol. The number of rotatable bonds is 5. The molecule has 112 valence electrons. The Hall–Kier alpha value is -1.88. The van der Waals surface area contributed by atoms with Crippen molar-refractivity contribution in [1.82, 2.24) is 14.9 Å². The van der Waals surface area contributed by atoms with Crippen LogP contribution in [0.4, 0.5) is 0 Å². The molecule has 0 N–H and O–H groups in total. The molecule has 0 spiro atoms. The molecular formula is C16H21N3O2. The van der Waals surface area contributed by atoms with Crippen molar-refractivity contribution in [1.29, 1.82) is 0 Å². The summed E-state index contributed by atoms with van der Waals surface area (Å²) in [4.78, 5) is 10.8. The zero-order valence-corrected chi connectivity index (χ0v) is 12.4. The second kappa shape index (κ2) is 6.72. The Kier molecular flexibility index (Phi) is 4.50. The number of aromatic nitrogens is 2. The van der Waals surface area contributed by atoms with Crippen molar-refractivity contribution < 1.29 is 9.15 Å². The lowest BCUT2D eigenvalue weighted by Crippen LogP contribution is -2.37. The summed E-state index contributed by atoms with van der Waals surface area (Å²) in [5.41, 5.74) is 1.99. The third-order valence-corrected chi connectivity index (χ3v) is 3.83. The van der Waals surface area contributed by atoms with Crippen LogP contribution in [0.1, 0.15) is 24.2 Å². The molecule has 0 amide bonds. The molecule has 5 heteroatoms. The van der Waals surface area contributed by atoms with Gasteiger partial charge in [0.05, 0.1) is 12.3 Å². The molecule has 1 fully saturated rings. The van der Waals surface area contributed by atoms with Crippen molar-refractivity contribution in [3.63, 3.8) is 0 Å². The molecule has 3 rings (SSSR count). The molecule has 21 heavy (non-hydrogen) atoms. The van der Waals surface area contributed by atoms with E-state index in [2.05, 4.69) is 14.9 Å². The van der Waals surface area contributed by atoms with Crippen molar-refractivity contribution in [3.05, 3.63) is 42.4 Å². The van der Waals surface area contributed by atoms with E-state index in [9.17, 15) is 0 Å². The van der Waals surface area contributed by atoms with Crippen molar-refractivity contribution >= 4 is 0 Å². The summed E-state index contributed by atoms with van der Waals surface area (Å²) in [7, 11) is 0. The topological polar surface area (TPSA) is 51.4 Å². The van der Waals surface area contributed by atoms with Gasteiger partial charge in [0.2, 0.25) is 0 Å². The first kappa shape index (κ1) is 14.1. The van der Waals surface area contributed by atoms with Crippen LogP contribution in [0.15, 0.2) is 35.4 Å². The smallest absolute Gasteiger partial charge is 0.180 e. The van der Waals surface area contributed by atoms with Gasteiger partial charge in [-0.1, -0.05) is 0 Å². The summed E-state index contributed by atoms with van der Waals surface area (Å²) in [6, 6.07) is 3.90. The van der Waals surface area contributed by atoms with Crippen LogP contribution in [0.25, 0.3) is 0 Å². The van der Waals surface area contributed by atoms with Crippen LogP contribution in [-0.2, 0) is 6.54 Å². The minimum atomic E-state index is 0.569. The van der Waals surface area contributed by atoms with Gasteiger partial charge in [-0.3, -0.25) is 9.88 Å². The van der Waals surface area contributed by atoms with Crippen LogP contribution < -0.4 is 4.74 Å². The van der Waals surface area contributed by atoms with E-state index in [1.807, 2.05) is 19.1 Å². The molecule has 2 aromatic rings. The highest BCUT2D eigenvalue weighted by Gasteiger charge is 2.21. The van der Waals surface area contributed by atoms with Gasteiger partial charge in [-0.05, 0) is 32.4 Å². The molecule has 5 nitrogen and oxygen atoms in total. The Morgan fingerprint density at radius 2 is 2.38 bits per heavy atom. The number of hydrogen-bond acceptors (Lipinski definition) is 5. The highest BCUT2D eigenvalue weighted by Crippen LogP contribution is 2.20. The number of aryl methyl sites for hydroxylation is 1. The zero-order valence-electron chi connectivity index (χ0n) is 12.4. The molecule has 1 atom stereocenters. The molecule has 0 saturated carbocycles. The Balaban J connectivity index is 1.49. The second-order valence-electron chi connectivity index (χ2n) is 5.67. The van der Waals surface area contributed by atoms with Crippen molar-refractivity contribution in [2.24, 2.45) is 5.92 Å². The number of nitrogens with zero attached hydrogens (tertiary/aromatic N) is 3. The fraction of sp³-hybridized carbons (Fsp3) is 0.500. The zero-order chi connectivity index (χ0) is 14.5. The molecule has 1 saturated heterocycles. The first-order chi connectivity index (χ1) is 10.3. The summed E-state index contributed by atoms with van der Waals surface area (Å²) in [5, 5.41) is 0. The lowest BCUT2D eigenvalue weighted by molar-refractivity contribution is 0.124. The molecule has 1 aliphatic heterocycles. The monoisotopic (exact) mass is 287 g/mol. The van der Waals surface area contributed by atoms with E-state index in [1.165, 1.54) is 19.2 Å². The normalized spacial score (nSPS) is 19.6. The van der Waals surface area contributed by atoms with Gasteiger partial charge in [-0.25, -0.2) is 4.98 Å². The SMILES string of the molecule is Cc1cc(OCC2CCCN(Cc3cocn3)C2)ccn1. The molecule has 2 aromatic heterocycles. The lowest BCUT2D eigenvalue weighted by Gasteiger charge is -2.32. The fourth-order valence-corrected chi connectivity index (χ4v) is 2.80. The Bertz CT molecular complexity index is 556. The molecule has 1 unspecified atom stereocenters. The summed E-state index contributed by atoms with van der Waals surface area (Å²) >= 11 is 0. The third kappa shape index (κ3) is 4.04. The van der Waals surface area contributed by atoms with Gasteiger partial charge in [0.1, 0.15) is 12.0 Å². The minimum Gasteiger partial charge on any atom is -0.493 e. The molecule has 3 heterocycles. The molecule has 0 bridgehead atoms. The maximum absolute atomic E-state index is 5.91. The maximum atomic E-state index is 5.91. The van der Waals surface area contributed by atoms with Crippen LogP contribution in [0.3, 0.4) is 0 Å². The number of oxazole rings is 1. The van der Waals surface area contributed by atoms with E-state index in [0.717, 1.165) is 43.4 Å². The predicted molar refractivity (Wildman–Crippen MR) is 79.0 cm³/mol. The van der Waals surface area contributed by atoms with E-state index < -0.39 is 0 Å². The summed E-state index contributed by atoms with van der Waals surface area (Å²) in [6.07, 6.45) is 7.44. The molecule has 0 aliphatic carbocycles. The van der Waals surface area contributed by atoms with E-state index in [0.29, 0.717) is 5.92 Å². The van der Waals surface area contributed by atoms with E-state index >= 15 is 0 Å². The highest BCUT2D eigenvalue weighted by atomic mass is 16.5. The number of ether oxygens (including phenoxy) is 1. The van der Waals surface area contributed by atoms with Gasteiger partial charge in [0, 0.05) is 37.0 Å². The minimum absolute atomic E-state index is 0.569. The fourth-order valence-electron chi connectivity index (χ4n) is 2.80.